The van der Waals surface area contributed by atoms with Gasteiger partial charge in [0.1, 0.15) is 5.82 Å². The first-order valence-corrected chi connectivity index (χ1v) is 4.68. The molecule has 0 radical (unpaired) electrons. The van der Waals surface area contributed by atoms with Crippen LogP contribution in [0.3, 0.4) is 0 Å². The van der Waals surface area contributed by atoms with Crippen molar-refractivity contribution < 1.29 is 0 Å². The van der Waals surface area contributed by atoms with Gasteiger partial charge in [-0.15, -0.1) is 0 Å². The molecule has 2 N–H and O–H groups in total. The number of hydrogen-bond donors (Lipinski definition) is 2. The Morgan fingerprint density at radius 2 is 2.14 bits per heavy atom. The molecule has 1 rings (SSSR count). The predicted octanol–water partition coefficient (Wildman–Crippen LogP) is 0.787. The lowest BCUT2D eigenvalue weighted by molar-refractivity contribution is 0.573. The molecule has 0 saturated carbocycles. The Morgan fingerprint density at radius 1 is 1.50 bits per heavy atom. The fourth-order valence-corrected chi connectivity index (χ4v) is 1.22. The van der Waals surface area contributed by atoms with Crippen LogP contribution in [0, 0.1) is 0 Å². The molecule has 0 atom stereocenters. The monoisotopic (exact) mass is 195 g/mol. The second-order valence-corrected chi connectivity index (χ2v) is 4.35. The number of H-pyrrole nitrogens is 1. The quantitative estimate of drug-likeness (QED) is 0.733. The van der Waals surface area contributed by atoms with Crippen molar-refractivity contribution in [2.24, 2.45) is 0 Å². The minimum Gasteiger partial charge on any atom is -0.313 e. The molecule has 0 aliphatic heterocycles. The first-order valence-electron chi connectivity index (χ1n) is 4.68. The SMILES string of the molecule is CNCc1ncc(C(C)(C)C)c(=O)[nH]1. The molecule has 4 heteroatoms. The van der Waals surface area contributed by atoms with Crippen molar-refractivity contribution in [1.29, 1.82) is 0 Å². The van der Waals surface area contributed by atoms with Crippen LogP contribution in [-0.2, 0) is 12.0 Å². The Kier molecular flexibility index (Phi) is 3.06. The molecule has 0 fully saturated rings. The van der Waals surface area contributed by atoms with E-state index in [1.54, 1.807) is 6.20 Å². The van der Waals surface area contributed by atoms with Crippen LogP contribution in [0.2, 0.25) is 0 Å². The molecule has 1 heterocycles. The molecular weight excluding hydrogens is 178 g/mol. The van der Waals surface area contributed by atoms with Gasteiger partial charge in [-0.2, -0.15) is 0 Å². The van der Waals surface area contributed by atoms with Gasteiger partial charge in [0.05, 0.1) is 6.54 Å². The van der Waals surface area contributed by atoms with Crippen LogP contribution in [0.15, 0.2) is 11.0 Å². The number of hydrogen-bond acceptors (Lipinski definition) is 3. The summed E-state index contributed by atoms with van der Waals surface area (Å²) in [7, 11) is 1.82. The lowest BCUT2D eigenvalue weighted by Gasteiger charge is -2.17. The Labute approximate surface area is 83.8 Å². The molecule has 0 amide bonds. The lowest BCUT2D eigenvalue weighted by Crippen LogP contribution is -2.27. The van der Waals surface area contributed by atoms with E-state index in [-0.39, 0.29) is 11.0 Å². The molecule has 0 saturated heterocycles. The maximum absolute atomic E-state index is 11.6. The van der Waals surface area contributed by atoms with E-state index in [9.17, 15) is 4.79 Å². The third-order valence-corrected chi connectivity index (χ3v) is 2.00. The van der Waals surface area contributed by atoms with Crippen molar-refractivity contribution >= 4 is 0 Å². The van der Waals surface area contributed by atoms with Crippen molar-refractivity contribution in [3.63, 3.8) is 0 Å². The topological polar surface area (TPSA) is 57.8 Å². The molecule has 0 unspecified atom stereocenters. The molecular formula is C10H17N3O. The Bertz CT molecular complexity index is 362. The minimum atomic E-state index is -0.154. The number of aromatic nitrogens is 2. The second kappa shape index (κ2) is 3.92. The van der Waals surface area contributed by atoms with E-state index < -0.39 is 0 Å². The zero-order valence-electron chi connectivity index (χ0n) is 9.14. The maximum Gasteiger partial charge on any atom is 0.254 e. The van der Waals surface area contributed by atoms with Crippen LogP contribution in [0.4, 0.5) is 0 Å². The summed E-state index contributed by atoms with van der Waals surface area (Å²) in [5.41, 5.74) is 0.522. The summed E-state index contributed by atoms with van der Waals surface area (Å²) in [5, 5.41) is 2.94. The zero-order chi connectivity index (χ0) is 10.8. The van der Waals surface area contributed by atoms with Gasteiger partial charge < -0.3 is 10.3 Å². The first-order chi connectivity index (χ1) is 6.45. The van der Waals surface area contributed by atoms with Gasteiger partial charge in [0.25, 0.3) is 5.56 Å². The highest BCUT2D eigenvalue weighted by Crippen LogP contribution is 2.16. The average molecular weight is 195 g/mol. The van der Waals surface area contributed by atoms with Crippen LogP contribution in [0.5, 0.6) is 0 Å². The number of nitrogens with zero attached hydrogens (tertiary/aromatic N) is 1. The van der Waals surface area contributed by atoms with E-state index in [0.717, 1.165) is 5.56 Å². The van der Waals surface area contributed by atoms with Crippen molar-refractivity contribution in [2.75, 3.05) is 7.05 Å². The van der Waals surface area contributed by atoms with Gasteiger partial charge >= 0.3 is 0 Å². The summed E-state index contributed by atoms with van der Waals surface area (Å²) in [6.45, 7) is 6.57. The van der Waals surface area contributed by atoms with Crippen LogP contribution in [0.1, 0.15) is 32.2 Å². The standard InChI is InChI=1S/C10H17N3O/c1-10(2,3)7-5-12-8(6-11-4)13-9(7)14/h5,11H,6H2,1-4H3,(H,12,13,14). The van der Waals surface area contributed by atoms with E-state index in [2.05, 4.69) is 15.3 Å². The molecule has 0 bridgehead atoms. The Morgan fingerprint density at radius 3 is 2.57 bits per heavy atom. The lowest BCUT2D eigenvalue weighted by atomic mass is 9.89. The summed E-state index contributed by atoms with van der Waals surface area (Å²) < 4.78 is 0. The van der Waals surface area contributed by atoms with Gasteiger partial charge in [-0.3, -0.25) is 4.79 Å². The van der Waals surface area contributed by atoms with E-state index in [1.807, 2.05) is 27.8 Å². The summed E-state index contributed by atoms with van der Waals surface area (Å²) in [5.74, 6) is 0.672. The van der Waals surface area contributed by atoms with Gasteiger partial charge in [0.15, 0.2) is 0 Å². The Hall–Kier alpha value is -1.16. The van der Waals surface area contributed by atoms with Crippen molar-refractivity contribution in [3.05, 3.63) is 27.9 Å². The average Bonchev–Trinajstić information content (AvgIpc) is 2.02. The number of nitrogens with one attached hydrogen (secondary N) is 2. The Balaban J connectivity index is 3.09. The summed E-state index contributed by atoms with van der Waals surface area (Å²) in [6.07, 6.45) is 1.66. The fraction of sp³-hybridized carbons (Fsp3) is 0.600. The normalized spacial score (nSPS) is 11.7. The summed E-state index contributed by atoms with van der Waals surface area (Å²) in [6, 6.07) is 0. The molecule has 14 heavy (non-hydrogen) atoms. The molecule has 0 aromatic carbocycles. The number of rotatable bonds is 2. The van der Waals surface area contributed by atoms with Crippen LogP contribution < -0.4 is 10.9 Å². The first kappa shape index (κ1) is 10.9. The van der Waals surface area contributed by atoms with Gasteiger partial charge in [-0.25, -0.2) is 4.98 Å². The fourth-order valence-electron chi connectivity index (χ4n) is 1.22. The van der Waals surface area contributed by atoms with Crippen molar-refractivity contribution in [3.8, 4) is 0 Å². The van der Waals surface area contributed by atoms with Crippen molar-refractivity contribution in [1.82, 2.24) is 15.3 Å². The second-order valence-electron chi connectivity index (χ2n) is 4.35. The van der Waals surface area contributed by atoms with Crippen molar-refractivity contribution in [2.45, 2.75) is 32.7 Å². The largest absolute Gasteiger partial charge is 0.313 e. The number of aromatic amines is 1. The highest BCUT2D eigenvalue weighted by atomic mass is 16.1. The summed E-state index contributed by atoms with van der Waals surface area (Å²) >= 11 is 0. The van der Waals surface area contributed by atoms with E-state index >= 15 is 0 Å². The molecule has 1 aromatic rings. The summed E-state index contributed by atoms with van der Waals surface area (Å²) in [4.78, 5) is 18.6. The highest BCUT2D eigenvalue weighted by molar-refractivity contribution is 5.15. The minimum absolute atomic E-state index is 0.0437. The van der Waals surface area contributed by atoms with Gasteiger partial charge in [-0.1, -0.05) is 20.8 Å². The van der Waals surface area contributed by atoms with E-state index in [1.165, 1.54) is 0 Å². The molecule has 0 aliphatic rings. The van der Waals surface area contributed by atoms with Gasteiger partial charge in [-0.05, 0) is 12.5 Å². The third-order valence-electron chi connectivity index (χ3n) is 2.00. The predicted molar refractivity (Wildman–Crippen MR) is 56.3 cm³/mol. The van der Waals surface area contributed by atoms with E-state index in [0.29, 0.717) is 12.4 Å². The van der Waals surface area contributed by atoms with E-state index in [4.69, 9.17) is 0 Å². The molecule has 4 nitrogen and oxygen atoms in total. The highest BCUT2D eigenvalue weighted by Gasteiger charge is 2.17. The molecule has 0 aliphatic carbocycles. The smallest absolute Gasteiger partial charge is 0.254 e. The molecule has 0 spiro atoms. The van der Waals surface area contributed by atoms with Gasteiger partial charge in [0.2, 0.25) is 0 Å². The van der Waals surface area contributed by atoms with Crippen LogP contribution in [0.25, 0.3) is 0 Å². The molecule has 1 aromatic heterocycles. The maximum atomic E-state index is 11.6. The third kappa shape index (κ3) is 2.42. The van der Waals surface area contributed by atoms with Gasteiger partial charge in [0, 0.05) is 11.8 Å². The van der Waals surface area contributed by atoms with Crippen LogP contribution >= 0.6 is 0 Å². The zero-order valence-corrected chi connectivity index (χ0v) is 9.14. The van der Waals surface area contributed by atoms with Crippen LogP contribution in [-0.4, -0.2) is 17.0 Å². The molecule has 78 valence electrons.